The molecule has 0 spiro atoms. The van der Waals surface area contributed by atoms with Crippen molar-refractivity contribution < 1.29 is 9.18 Å². The van der Waals surface area contributed by atoms with Crippen molar-refractivity contribution in [1.82, 2.24) is 9.55 Å². The number of carbonyl (C=O) groups excluding carboxylic acids is 1. The summed E-state index contributed by atoms with van der Waals surface area (Å²) in [5.74, 6) is 0.207. The summed E-state index contributed by atoms with van der Waals surface area (Å²) in [4.78, 5) is 17.4. The van der Waals surface area contributed by atoms with Gasteiger partial charge in [-0.25, -0.2) is 9.37 Å². The Morgan fingerprint density at radius 2 is 1.92 bits per heavy atom. The molecule has 1 aliphatic carbocycles. The highest BCUT2D eigenvalue weighted by Crippen LogP contribution is 2.49. The van der Waals surface area contributed by atoms with Crippen molar-refractivity contribution in [2.24, 2.45) is 0 Å². The Hall–Kier alpha value is -2.69. The van der Waals surface area contributed by atoms with Crippen LogP contribution in [0, 0.1) is 5.82 Å². The van der Waals surface area contributed by atoms with Gasteiger partial charge in [-0.3, -0.25) is 10.1 Å². The Morgan fingerprint density at radius 1 is 1.21 bits per heavy atom. The molecule has 122 valence electrons. The normalized spacial score (nSPS) is 15.4. The predicted octanol–water partition coefficient (Wildman–Crippen LogP) is 3.87. The molecule has 1 heterocycles. The van der Waals surface area contributed by atoms with Crippen molar-refractivity contribution in [3.05, 3.63) is 59.9 Å². The lowest BCUT2D eigenvalue weighted by atomic mass is 9.95. The molecule has 5 heteroatoms. The molecule has 0 unspecified atom stereocenters. The van der Waals surface area contributed by atoms with Crippen LogP contribution in [-0.4, -0.2) is 15.5 Å². The van der Waals surface area contributed by atoms with Gasteiger partial charge in [0.2, 0.25) is 11.9 Å². The van der Waals surface area contributed by atoms with Gasteiger partial charge < -0.3 is 4.57 Å². The van der Waals surface area contributed by atoms with E-state index in [1.165, 1.54) is 12.1 Å². The lowest BCUT2D eigenvalue weighted by Crippen LogP contribution is -2.29. The molecule has 0 atom stereocenters. The van der Waals surface area contributed by atoms with Crippen molar-refractivity contribution in [2.75, 3.05) is 5.32 Å². The maximum Gasteiger partial charge on any atom is 0.237 e. The second-order valence-electron chi connectivity index (χ2n) is 6.21. The Morgan fingerprint density at radius 3 is 2.58 bits per heavy atom. The number of fused-ring (bicyclic) bond motifs is 1. The smallest absolute Gasteiger partial charge is 0.237 e. The number of para-hydroxylation sites is 2. The van der Waals surface area contributed by atoms with Crippen molar-refractivity contribution in [3.63, 3.8) is 0 Å². The zero-order chi connectivity index (χ0) is 16.7. The first-order valence-corrected chi connectivity index (χ1v) is 8.17. The number of hydrogen-bond acceptors (Lipinski definition) is 2. The van der Waals surface area contributed by atoms with E-state index in [0.717, 1.165) is 36.0 Å². The van der Waals surface area contributed by atoms with E-state index in [-0.39, 0.29) is 11.7 Å². The number of carbonyl (C=O) groups is 1. The fourth-order valence-electron chi connectivity index (χ4n) is 3.25. The number of amides is 1. The van der Waals surface area contributed by atoms with E-state index in [9.17, 15) is 9.18 Å². The summed E-state index contributed by atoms with van der Waals surface area (Å²) < 4.78 is 15.1. The lowest BCUT2D eigenvalue weighted by molar-refractivity contribution is -0.118. The Balaban J connectivity index is 1.66. The Kier molecular flexibility index (Phi) is 3.37. The van der Waals surface area contributed by atoms with Crippen LogP contribution >= 0.6 is 0 Å². The predicted molar refractivity (Wildman–Crippen MR) is 91.3 cm³/mol. The zero-order valence-electron chi connectivity index (χ0n) is 13.4. The fraction of sp³-hybridized carbons (Fsp3) is 0.263. The van der Waals surface area contributed by atoms with Crippen molar-refractivity contribution in [1.29, 1.82) is 0 Å². The molecule has 1 aromatic heterocycles. The van der Waals surface area contributed by atoms with Crippen molar-refractivity contribution >= 4 is 22.9 Å². The largest absolute Gasteiger partial charge is 0.310 e. The number of nitrogens with one attached hydrogen (secondary N) is 1. The van der Waals surface area contributed by atoms with Crippen LogP contribution in [0.5, 0.6) is 0 Å². The molecule has 1 fully saturated rings. The molecule has 1 aliphatic rings. The molecular formula is C19H18FN3O. The van der Waals surface area contributed by atoms with Crippen LogP contribution in [0.4, 0.5) is 10.3 Å². The minimum absolute atomic E-state index is 0.0703. The number of aryl methyl sites for hydroxylation is 1. The van der Waals surface area contributed by atoms with Gasteiger partial charge in [-0.05, 0) is 49.6 Å². The highest BCUT2D eigenvalue weighted by molar-refractivity contribution is 6.01. The number of anilines is 1. The van der Waals surface area contributed by atoms with Crippen molar-refractivity contribution in [2.45, 2.75) is 31.7 Å². The van der Waals surface area contributed by atoms with Crippen LogP contribution in [0.1, 0.15) is 25.3 Å². The number of aromatic nitrogens is 2. The SMILES string of the molecule is CCn1c(NC(=O)C2(c3ccc(F)cc3)CC2)nc2ccccc21. The van der Waals surface area contributed by atoms with E-state index in [4.69, 9.17) is 0 Å². The molecule has 2 aromatic carbocycles. The first-order valence-electron chi connectivity index (χ1n) is 8.17. The zero-order valence-corrected chi connectivity index (χ0v) is 13.4. The van der Waals surface area contributed by atoms with Crippen LogP contribution in [0.15, 0.2) is 48.5 Å². The molecule has 3 aromatic rings. The third-order valence-electron chi connectivity index (χ3n) is 4.78. The molecule has 0 bridgehead atoms. The van der Waals surface area contributed by atoms with Gasteiger partial charge in [0.25, 0.3) is 0 Å². The van der Waals surface area contributed by atoms with Gasteiger partial charge in [-0.2, -0.15) is 0 Å². The molecule has 4 nitrogen and oxygen atoms in total. The van der Waals surface area contributed by atoms with Gasteiger partial charge in [0, 0.05) is 6.54 Å². The van der Waals surface area contributed by atoms with Gasteiger partial charge in [-0.1, -0.05) is 24.3 Å². The highest BCUT2D eigenvalue weighted by Gasteiger charge is 2.51. The first kappa shape index (κ1) is 14.9. The summed E-state index contributed by atoms with van der Waals surface area (Å²) in [6.07, 6.45) is 1.55. The summed E-state index contributed by atoms with van der Waals surface area (Å²) in [5.41, 5.74) is 2.17. The van der Waals surface area contributed by atoms with E-state index >= 15 is 0 Å². The van der Waals surface area contributed by atoms with Gasteiger partial charge in [0.1, 0.15) is 5.82 Å². The van der Waals surface area contributed by atoms with E-state index in [1.54, 1.807) is 12.1 Å². The highest BCUT2D eigenvalue weighted by atomic mass is 19.1. The number of nitrogens with zero attached hydrogens (tertiary/aromatic N) is 2. The second-order valence-corrected chi connectivity index (χ2v) is 6.21. The van der Waals surface area contributed by atoms with E-state index in [2.05, 4.69) is 10.3 Å². The Labute approximate surface area is 139 Å². The maximum atomic E-state index is 13.1. The topological polar surface area (TPSA) is 46.9 Å². The van der Waals surface area contributed by atoms with Crippen LogP contribution in [0.3, 0.4) is 0 Å². The first-order chi connectivity index (χ1) is 11.6. The molecule has 1 amide bonds. The number of halogens is 1. The summed E-state index contributed by atoms with van der Waals surface area (Å²) in [6.45, 7) is 2.75. The van der Waals surface area contributed by atoms with Crippen LogP contribution in [0.2, 0.25) is 0 Å². The number of hydrogen-bond donors (Lipinski definition) is 1. The third kappa shape index (κ3) is 2.28. The molecule has 1 saturated carbocycles. The molecule has 1 N–H and O–H groups in total. The number of rotatable bonds is 4. The molecule has 0 aliphatic heterocycles. The number of imidazole rings is 1. The van der Waals surface area contributed by atoms with Crippen LogP contribution in [0.25, 0.3) is 11.0 Å². The van der Waals surface area contributed by atoms with Crippen molar-refractivity contribution in [3.8, 4) is 0 Å². The summed E-state index contributed by atoms with van der Waals surface area (Å²) in [5, 5.41) is 2.99. The van der Waals surface area contributed by atoms with Crippen LogP contribution < -0.4 is 5.32 Å². The standard InChI is InChI=1S/C19H18FN3O/c1-2-23-16-6-4-3-5-15(16)21-18(23)22-17(24)19(11-12-19)13-7-9-14(20)10-8-13/h3-10H,2,11-12H2,1H3,(H,21,22,24). The van der Waals surface area contributed by atoms with E-state index in [1.807, 2.05) is 35.8 Å². The summed E-state index contributed by atoms with van der Waals surface area (Å²) >= 11 is 0. The second kappa shape index (κ2) is 5.44. The van der Waals surface area contributed by atoms with Gasteiger partial charge >= 0.3 is 0 Å². The molecular weight excluding hydrogens is 305 g/mol. The van der Waals surface area contributed by atoms with Gasteiger partial charge in [-0.15, -0.1) is 0 Å². The average molecular weight is 323 g/mol. The van der Waals surface area contributed by atoms with E-state index in [0.29, 0.717) is 5.95 Å². The molecule has 0 radical (unpaired) electrons. The summed E-state index contributed by atoms with van der Waals surface area (Å²) in [6, 6.07) is 14.0. The van der Waals surface area contributed by atoms with Gasteiger partial charge in [0.05, 0.1) is 16.4 Å². The van der Waals surface area contributed by atoms with Gasteiger partial charge in [0.15, 0.2) is 0 Å². The average Bonchev–Trinajstić information content (AvgIpc) is 3.32. The third-order valence-corrected chi connectivity index (χ3v) is 4.78. The molecule has 4 rings (SSSR count). The Bertz CT molecular complexity index is 910. The molecule has 24 heavy (non-hydrogen) atoms. The molecule has 0 saturated heterocycles. The fourth-order valence-corrected chi connectivity index (χ4v) is 3.25. The van der Waals surface area contributed by atoms with Crippen LogP contribution in [-0.2, 0) is 16.8 Å². The minimum atomic E-state index is -0.551. The number of benzene rings is 2. The lowest BCUT2D eigenvalue weighted by Gasteiger charge is -2.16. The quantitative estimate of drug-likeness (QED) is 0.792. The maximum absolute atomic E-state index is 13.1. The monoisotopic (exact) mass is 323 g/mol. The minimum Gasteiger partial charge on any atom is -0.310 e. The van der Waals surface area contributed by atoms with E-state index < -0.39 is 5.41 Å². The summed E-state index contributed by atoms with van der Waals surface area (Å²) in [7, 11) is 0.